The molecule has 0 fully saturated rings. The van der Waals surface area contributed by atoms with Gasteiger partial charge in [-0.3, -0.25) is 0 Å². The molecule has 0 aliphatic rings. The molecule has 0 amide bonds. The fraction of sp³-hybridized carbons (Fsp3) is 0.300. The maximum atomic E-state index is 6.20. The number of fused-ring (bicyclic) bond motifs is 4. The van der Waals surface area contributed by atoms with Crippen LogP contribution in [0.5, 0.6) is 23.0 Å². The molecule has 0 atom stereocenters. The van der Waals surface area contributed by atoms with Crippen molar-refractivity contribution in [2.24, 2.45) is 0 Å². The van der Waals surface area contributed by atoms with E-state index < -0.39 is 0 Å². The van der Waals surface area contributed by atoms with Gasteiger partial charge in [-0.15, -0.1) is 0 Å². The van der Waals surface area contributed by atoms with Crippen LogP contribution in [-0.2, 0) is 6.42 Å². The number of methoxy groups -OCH3 is 2. The molecule has 4 nitrogen and oxygen atoms in total. The van der Waals surface area contributed by atoms with Crippen molar-refractivity contribution >= 4 is 43.1 Å². The van der Waals surface area contributed by atoms with Crippen molar-refractivity contribution in [3.05, 3.63) is 96.6 Å². The topological polar surface area (TPSA) is 36.9 Å². The first-order valence-electron chi connectivity index (χ1n) is 15.9. The van der Waals surface area contributed by atoms with Crippen LogP contribution in [0.25, 0.3) is 43.1 Å². The molecule has 0 aliphatic carbocycles. The Morgan fingerprint density at radius 1 is 0.432 bits per heavy atom. The molecule has 0 bridgehead atoms. The summed E-state index contributed by atoms with van der Waals surface area (Å²) in [6.45, 7) is 8.03. The van der Waals surface area contributed by atoms with Crippen LogP contribution in [0.4, 0.5) is 0 Å². The number of aryl methyl sites for hydroxylation is 1. The van der Waals surface area contributed by atoms with Gasteiger partial charge in [0.15, 0.2) is 0 Å². The molecule has 0 unspecified atom stereocenters. The van der Waals surface area contributed by atoms with Crippen molar-refractivity contribution < 1.29 is 18.9 Å². The van der Waals surface area contributed by atoms with Crippen molar-refractivity contribution in [1.82, 2.24) is 0 Å². The minimum atomic E-state index is 0.751. The first kappa shape index (κ1) is 31.0. The van der Waals surface area contributed by atoms with Gasteiger partial charge < -0.3 is 18.9 Å². The summed E-state index contributed by atoms with van der Waals surface area (Å²) in [4.78, 5) is 0. The van der Waals surface area contributed by atoms with Gasteiger partial charge in [-0.1, -0.05) is 119 Å². The first-order chi connectivity index (χ1) is 21.7. The molecule has 6 aromatic rings. The zero-order valence-corrected chi connectivity index (χ0v) is 26.7. The number of rotatable bonds is 11. The van der Waals surface area contributed by atoms with Gasteiger partial charge in [-0.05, 0) is 30.9 Å². The van der Waals surface area contributed by atoms with Crippen LogP contribution < -0.4 is 18.9 Å². The highest BCUT2D eigenvalue weighted by molar-refractivity contribution is 6.12. The van der Waals surface area contributed by atoms with Crippen molar-refractivity contribution in [3.8, 4) is 23.0 Å². The zero-order valence-electron chi connectivity index (χ0n) is 26.7. The summed E-state index contributed by atoms with van der Waals surface area (Å²) in [5.74, 6) is 3.81. The largest absolute Gasteiger partial charge is 0.495 e. The van der Waals surface area contributed by atoms with Gasteiger partial charge in [-0.25, -0.2) is 0 Å². The van der Waals surface area contributed by atoms with Crippen LogP contribution in [0, 0.1) is 0 Å². The van der Waals surface area contributed by atoms with E-state index in [0.717, 1.165) is 111 Å². The van der Waals surface area contributed by atoms with Crippen LogP contribution in [0.15, 0.2) is 91.0 Å². The molecule has 0 radical (unpaired) electrons. The van der Waals surface area contributed by atoms with Crippen LogP contribution in [0.1, 0.15) is 52.0 Å². The van der Waals surface area contributed by atoms with Gasteiger partial charge in [0.2, 0.25) is 0 Å². The Morgan fingerprint density at radius 2 is 0.795 bits per heavy atom. The molecule has 4 heteroatoms. The van der Waals surface area contributed by atoms with E-state index in [1.165, 1.54) is 5.56 Å². The highest BCUT2D eigenvalue weighted by Crippen LogP contribution is 2.44. The van der Waals surface area contributed by atoms with Crippen molar-refractivity contribution in [2.45, 2.75) is 52.9 Å². The maximum absolute atomic E-state index is 6.20. The van der Waals surface area contributed by atoms with Gasteiger partial charge in [0.1, 0.15) is 23.0 Å². The summed E-state index contributed by atoms with van der Waals surface area (Å²) < 4.78 is 23.7. The average molecular weight is 589 g/mol. The lowest BCUT2D eigenvalue weighted by Gasteiger charge is -2.17. The SMILES string of the molecule is CCCCOc1c2ccccc2c(OCCCC)c2ccccc12.CCc1ccc2c(OC)c3ccccc3c(OC)c2c1. The Bertz CT molecular complexity index is 1730. The molecule has 0 heterocycles. The molecule has 0 aromatic heterocycles. The van der Waals surface area contributed by atoms with Crippen LogP contribution >= 0.6 is 0 Å². The summed E-state index contributed by atoms with van der Waals surface area (Å²) in [5.41, 5.74) is 1.30. The lowest BCUT2D eigenvalue weighted by atomic mass is 9.98. The number of ether oxygens (including phenoxy) is 4. The minimum Gasteiger partial charge on any atom is -0.495 e. The normalized spacial score (nSPS) is 11.0. The lowest BCUT2D eigenvalue weighted by Crippen LogP contribution is -2.01. The van der Waals surface area contributed by atoms with Gasteiger partial charge >= 0.3 is 0 Å². The minimum absolute atomic E-state index is 0.751. The second kappa shape index (κ2) is 14.8. The van der Waals surface area contributed by atoms with Crippen LogP contribution in [-0.4, -0.2) is 27.4 Å². The predicted molar refractivity (Wildman–Crippen MR) is 186 cm³/mol. The number of hydrogen-bond acceptors (Lipinski definition) is 4. The Morgan fingerprint density at radius 3 is 1.16 bits per heavy atom. The third-order valence-corrected chi connectivity index (χ3v) is 8.13. The fourth-order valence-electron chi connectivity index (χ4n) is 5.80. The predicted octanol–water partition coefficient (Wildman–Crippen LogP) is 10.9. The molecule has 0 saturated carbocycles. The van der Waals surface area contributed by atoms with Crippen LogP contribution in [0.2, 0.25) is 0 Å². The quantitative estimate of drug-likeness (QED) is 0.111. The molecule has 0 N–H and O–H groups in total. The summed E-state index contributed by atoms with van der Waals surface area (Å²) in [5, 5.41) is 8.94. The Hall–Kier alpha value is -4.44. The molecule has 6 rings (SSSR count). The molecular weight excluding hydrogens is 544 g/mol. The monoisotopic (exact) mass is 588 g/mol. The number of benzene rings is 6. The summed E-state index contributed by atoms with van der Waals surface area (Å²) in [6, 6.07) is 31.5. The third kappa shape index (κ3) is 6.26. The van der Waals surface area contributed by atoms with Gasteiger partial charge in [0, 0.05) is 43.1 Å². The van der Waals surface area contributed by atoms with Crippen LogP contribution in [0.3, 0.4) is 0 Å². The molecule has 44 heavy (non-hydrogen) atoms. The highest BCUT2D eigenvalue weighted by atomic mass is 16.5. The average Bonchev–Trinajstić information content (AvgIpc) is 3.08. The zero-order chi connectivity index (χ0) is 30.9. The Balaban J connectivity index is 0.000000177. The molecule has 0 spiro atoms. The van der Waals surface area contributed by atoms with Crippen molar-refractivity contribution in [1.29, 1.82) is 0 Å². The Kier molecular flexibility index (Phi) is 10.5. The van der Waals surface area contributed by atoms with Gasteiger partial charge in [0.05, 0.1) is 27.4 Å². The van der Waals surface area contributed by atoms with Gasteiger partial charge in [-0.2, -0.15) is 0 Å². The van der Waals surface area contributed by atoms with E-state index in [1.54, 1.807) is 14.2 Å². The highest BCUT2D eigenvalue weighted by Gasteiger charge is 2.16. The van der Waals surface area contributed by atoms with E-state index in [0.29, 0.717) is 0 Å². The van der Waals surface area contributed by atoms with E-state index in [-0.39, 0.29) is 0 Å². The summed E-state index contributed by atoms with van der Waals surface area (Å²) >= 11 is 0. The standard InChI is InChI=1S/C22H26O2.C18H18O2/c1-3-5-15-23-21-17-11-7-9-13-19(17)22(24-16-6-4-2)20-14-10-8-12-18(20)21;1-4-12-9-10-15-16(11-12)18(20-3)14-8-6-5-7-13(14)17(15)19-2/h7-14H,3-6,15-16H2,1-2H3;5-11H,4H2,1-3H3. The second-order valence-corrected chi connectivity index (χ2v) is 11.0. The first-order valence-corrected chi connectivity index (χ1v) is 15.9. The maximum Gasteiger partial charge on any atom is 0.135 e. The summed E-state index contributed by atoms with van der Waals surface area (Å²) in [6.07, 6.45) is 5.41. The number of unbranched alkanes of at least 4 members (excludes halogenated alkanes) is 2. The van der Waals surface area contributed by atoms with Crippen molar-refractivity contribution in [2.75, 3.05) is 27.4 Å². The van der Waals surface area contributed by atoms with E-state index in [4.69, 9.17) is 18.9 Å². The summed E-state index contributed by atoms with van der Waals surface area (Å²) in [7, 11) is 3.45. The molecule has 228 valence electrons. The molecular formula is C40H44O4. The van der Waals surface area contributed by atoms with Crippen molar-refractivity contribution in [3.63, 3.8) is 0 Å². The second-order valence-electron chi connectivity index (χ2n) is 11.0. The smallest absolute Gasteiger partial charge is 0.135 e. The van der Waals surface area contributed by atoms with E-state index >= 15 is 0 Å². The van der Waals surface area contributed by atoms with E-state index in [9.17, 15) is 0 Å². The van der Waals surface area contributed by atoms with E-state index in [2.05, 4.69) is 99.6 Å². The molecule has 6 aromatic carbocycles. The number of hydrogen-bond donors (Lipinski definition) is 0. The third-order valence-electron chi connectivity index (χ3n) is 8.13. The lowest BCUT2D eigenvalue weighted by molar-refractivity contribution is 0.311. The van der Waals surface area contributed by atoms with E-state index in [1.807, 2.05) is 12.1 Å². The van der Waals surface area contributed by atoms with Gasteiger partial charge in [0.25, 0.3) is 0 Å². The fourth-order valence-corrected chi connectivity index (χ4v) is 5.80. The Labute approximate surface area is 261 Å². The molecule has 0 aliphatic heterocycles. The molecule has 0 saturated heterocycles.